The van der Waals surface area contributed by atoms with Crippen molar-refractivity contribution in [2.45, 2.75) is 72.2 Å². The molecule has 7 nitrogen and oxygen atoms in total. The van der Waals surface area contributed by atoms with Gasteiger partial charge in [-0.25, -0.2) is 0 Å². The van der Waals surface area contributed by atoms with Gasteiger partial charge in [0.2, 0.25) is 5.78 Å². The number of esters is 2. The van der Waals surface area contributed by atoms with Gasteiger partial charge in [0.15, 0.2) is 18.0 Å². The van der Waals surface area contributed by atoms with Crippen LogP contribution in [0.1, 0.15) is 53.9 Å². The molecular weight excluding hydrogens is 400 g/mol. The predicted octanol–water partition coefficient (Wildman–Crippen LogP) is 2.31. The van der Waals surface area contributed by atoms with Crippen LogP contribution in [-0.2, 0) is 28.7 Å². The van der Waals surface area contributed by atoms with Crippen molar-refractivity contribution in [1.82, 2.24) is 0 Å². The molecule has 0 radical (unpaired) electrons. The zero-order valence-corrected chi connectivity index (χ0v) is 18.7. The van der Waals surface area contributed by atoms with Crippen molar-refractivity contribution in [3.63, 3.8) is 0 Å². The number of ether oxygens (including phenoxy) is 2. The summed E-state index contributed by atoms with van der Waals surface area (Å²) >= 11 is 0. The van der Waals surface area contributed by atoms with Crippen LogP contribution in [0.5, 0.6) is 0 Å². The quantitative estimate of drug-likeness (QED) is 0.529. The first-order chi connectivity index (χ1) is 14.4. The van der Waals surface area contributed by atoms with E-state index in [-0.39, 0.29) is 28.8 Å². The van der Waals surface area contributed by atoms with Gasteiger partial charge in [-0.2, -0.15) is 0 Å². The fourth-order valence-corrected chi connectivity index (χ4v) is 6.40. The second-order valence-electron chi connectivity index (χ2n) is 10.0. The second kappa shape index (κ2) is 6.86. The number of carbonyl (C=O) groups is 4. The summed E-state index contributed by atoms with van der Waals surface area (Å²) in [5.74, 6) is -2.63. The summed E-state index contributed by atoms with van der Waals surface area (Å²) in [7, 11) is 0. The van der Waals surface area contributed by atoms with Crippen molar-refractivity contribution in [2.75, 3.05) is 0 Å². The number of hydrogen-bond donors (Lipinski definition) is 1. The third kappa shape index (κ3) is 2.81. The van der Waals surface area contributed by atoms with Gasteiger partial charge >= 0.3 is 11.9 Å². The minimum Gasteiger partial charge on any atom is -0.455 e. The minimum absolute atomic E-state index is 0.0848. The van der Waals surface area contributed by atoms with E-state index in [9.17, 15) is 24.3 Å². The highest BCUT2D eigenvalue weighted by Crippen LogP contribution is 2.65. The zero-order chi connectivity index (χ0) is 23.0. The van der Waals surface area contributed by atoms with Crippen molar-refractivity contribution in [3.05, 3.63) is 23.3 Å². The van der Waals surface area contributed by atoms with Crippen LogP contribution in [0.4, 0.5) is 0 Å². The van der Waals surface area contributed by atoms with Gasteiger partial charge in [0.25, 0.3) is 0 Å². The Balaban J connectivity index is 1.97. The molecule has 0 saturated heterocycles. The van der Waals surface area contributed by atoms with Gasteiger partial charge in [-0.1, -0.05) is 32.9 Å². The van der Waals surface area contributed by atoms with E-state index in [1.165, 1.54) is 13.8 Å². The molecule has 4 rings (SSSR count). The maximum Gasteiger partial charge on any atom is 0.303 e. The Morgan fingerprint density at radius 3 is 2.23 bits per heavy atom. The number of rotatable bonds is 2. The Hall–Kier alpha value is -2.28. The zero-order valence-electron chi connectivity index (χ0n) is 18.7. The summed E-state index contributed by atoms with van der Waals surface area (Å²) in [6, 6.07) is 0. The number of aliphatic hydroxyl groups is 1. The maximum absolute atomic E-state index is 13.9. The van der Waals surface area contributed by atoms with Crippen LogP contribution < -0.4 is 0 Å². The highest BCUT2D eigenvalue weighted by molar-refractivity contribution is 6.20. The molecule has 168 valence electrons. The Kier molecular flexibility index (Phi) is 4.85. The molecule has 4 aliphatic carbocycles. The molecule has 4 aliphatic rings. The van der Waals surface area contributed by atoms with E-state index in [4.69, 9.17) is 9.47 Å². The highest BCUT2D eigenvalue weighted by Gasteiger charge is 2.73. The second-order valence-corrected chi connectivity index (χ2v) is 10.0. The lowest BCUT2D eigenvalue weighted by Gasteiger charge is -2.55. The van der Waals surface area contributed by atoms with Gasteiger partial charge in [-0.05, 0) is 31.1 Å². The van der Waals surface area contributed by atoms with E-state index in [1.54, 1.807) is 0 Å². The largest absolute Gasteiger partial charge is 0.455 e. The van der Waals surface area contributed by atoms with E-state index < -0.39 is 52.8 Å². The smallest absolute Gasteiger partial charge is 0.303 e. The molecule has 0 amide bonds. The Bertz CT molecular complexity index is 946. The monoisotopic (exact) mass is 430 g/mol. The van der Waals surface area contributed by atoms with E-state index in [2.05, 4.69) is 6.58 Å². The summed E-state index contributed by atoms with van der Waals surface area (Å²) in [6.07, 6.45) is -1.91. The molecule has 2 fully saturated rings. The van der Waals surface area contributed by atoms with Gasteiger partial charge in [0, 0.05) is 36.3 Å². The Morgan fingerprint density at radius 2 is 1.71 bits per heavy atom. The summed E-state index contributed by atoms with van der Waals surface area (Å²) in [5, 5.41) is 11.4. The van der Waals surface area contributed by atoms with Crippen LogP contribution in [-0.4, -0.2) is 46.9 Å². The predicted molar refractivity (Wildman–Crippen MR) is 110 cm³/mol. The fourth-order valence-electron chi connectivity index (χ4n) is 6.40. The van der Waals surface area contributed by atoms with Gasteiger partial charge in [0.05, 0.1) is 5.41 Å². The number of carbonyl (C=O) groups excluding carboxylic acids is 4. The van der Waals surface area contributed by atoms with Crippen LogP contribution in [0.2, 0.25) is 0 Å². The van der Waals surface area contributed by atoms with Crippen molar-refractivity contribution >= 4 is 23.5 Å². The first-order valence-electron chi connectivity index (χ1n) is 10.9. The standard InChI is InChI=1S/C24H30O7/c1-10-7-8-23(6)16(12(10)3)18(27)20(30-13(4)25)15-17(23)19(28)22(31-14(5)26)24(21(15)29)9-11(24)2/h10-11,16,18,20,22,27H,3,7-9H2,1-2,4-6H3. The maximum atomic E-state index is 13.9. The van der Waals surface area contributed by atoms with Crippen molar-refractivity contribution in [1.29, 1.82) is 0 Å². The van der Waals surface area contributed by atoms with E-state index in [0.29, 0.717) is 12.8 Å². The van der Waals surface area contributed by atoms with Crippen molar-refractivity contribution in [3.8, 4) is 0 Å². The molecule has 0 aromatic carbocycles. The number of hydrogen-bond acceptors (Lipinski definition) is 7. The molecule has 8 unspecified atom stereocenters. The molecule has 0 heterocycles. The number of aliphatic hydroxyl groups excluding tert-OH is 1. The van der Waals surface area contributed by atoms with Crippen LogP contribution in [0.3, 0.4) is 0 Å². The Labute approximate surface area is 181 Å². The topological polar surface area (TPSA) is 107 Å². The molecule has 1 spiro atoms. The average Bonchev–Trinajstić information content (AvgIpc) is 3.34. The molecule has 1 N–H and O–H groups in total. The normalized spacial score (nSPS) is 44.0. The van der Waals surface area contributed by atoms with Crippen LogP contribution in [0, 0.1) is 28.6 Å². The number of Topliss-reactive ketones (excluding diaryl/α,β-unsaturated/α-hetero) is 2. The van der Waals surface area contributed by atoms with E-state index >= 15 is 0 Å². The van der Waals surface area contributed by atoms with Gasteiger partial charge in [-0.15, -0.1) is 0 Å². The highest BCUT2D eigenvalue weighted by atomic mass is 16.6. The first-order valence-corrected chi connectivity index (χ1v) is 10.9. The summed E-state index contributed by atoms with van der Waals surface area (Å²) < 4.78 is 10.9. The Morgan fingerprint density at radius 1 is 1.13 bits per heavy atom. The van der Waals surface area contributed by atoms with E-state index in [0.717, 1.165) is 12.0 Å². The molecule has 8 atom stereocenters. The van der Waals surface area contributed by atoms with Crippen LogP contribution in [0.15, 0.2) is 23.3 Å². The molecule has 7 heteroatoms. The van der Waals surface area contributed by atoms with Crippen LogP contribution in [0.25, 0.3) is 0 Å². The van der Waals surface area contributed by atoms with Crippen molar-refractivity contribution < 1.29 is 33.8 Å². The molecule has 0 aliphatic heterocycles. The molecule has 0 aromatic rings. The molecule has 2 saturated carbocycles. The molecule has 0 bridgehead atoms. The van der Waals surface area contributed by atoms with Gasteiger partial charge in [0.1, 0.15) is 6.10 Å². The van der Waals surface area contributed by atoms with Crippen LogP contribution >= 0.6 is 0 Å². The average molecular weight is 430 g/mol. The molecular formula is C24H30O7. The molecule has 31 heavy (non-hydrogen) atoms. The first kappa shape index (κ1) is 21.9. The minimum atomic E-state index is -1.24. The lowest BCUT2D eigenvalue weighted by Crippen LogP contribution is -2.61. The summed E-state index contributed by atoms with van der Waals surface area (Å²) in [4.78, 5) is 51.5. The lowest BCUT2D eigenvalue weighted by atomic mass is 9.50. The fraction of sp³-hybridized carbons (Fsp3) is 0.667. The van der Waals surface area contributed by atoms with E-state index in [1.807, 2.05) is 20.8 Å². The van der Waals surface area contributed by atoms with Gasteiger partial charge < -0.3 is 14.6 Å². The lowest BCUT2D eigenvalue weighted by molar-refractivity contribution is -0.166. The molecule has 0 aromatic heterocycles. The third-order valence-corrected chi connectivity index (χ3v) is 8.15. The number of ketones is 2. The summed E-state index contributed by atoms with van der Waals surface area (Å²) in [6.45, 7) is 12.3. The van der Waals surface area contributed by atoms with Gasteiger partial charge in [-0.3, -0.25) is 19.2 Å². The van der Waals surface area contributed by atoms with Crippen molar-refractivity contribution in [2.24, 2.45) is 28.6 Å². The number of fused-ring (bicyclic) bond motifs is 2. The summed E-state index contributed by atoms with van der Waals surface area (Å²) in [5.41, 5.74) is -0.916. The third-order valence-electron chi connectivity index (χ3n) is 8.15. The SMILES string of the molecule is C=C1C(C)CCC2(C)C3=C(C(=O)C4(CC4C)C(OC(C)=O)C3=O)C(OC(C)=O)C(O)C12.